The second-order valence-corrected chi connectivity index (χ2v) is 9.25. The van der Waals surface area contributed by atoms with Crippen molar-refractivity contribution >= 4 is 23.0 Å². The summed E-state index contributed by atoms with van der Waals surface area (Å²) in [6.07, 6.45) is -1.56. The molecule has 0 unspecified atom stereocenters. The fourth-order valence-corrected chi connectivity index (χ4v) is 3.95. The van der Waals surface area contributed by atoms with Gasteiger partial charge in [0.2, 0.25) is 0 Å². The molecular formula is C23H28F3N3OS. The first-order valence-corrected chi connectivity index (χ1v) is 10.9. The van der Waals surface area contributed by atoms with E-state index < -0.39 is 6.36 Å². The summed E-state index contributed by atoms with van der Waals surface area (Å²) in [5.41, 5.74) is 4.22. The molecule has 0 fully saturated rings. The van der Waals surface area contributed by atoms with E-state index in [1.165, 1.54) is 23.1 Å². The lowest BCUT2D eigenvalue weighted by Gasteiger charge is -2.11. The van der Waals surface area contributed by atoms with E-state index in [2.05, 4.69) is 46.2 Å². The molecule has 0 saturated heterocycles. The van der Waals surface area contributed by atoms with Gasteiger partial charge in [0, 0.05) is 42.3 Å². The van der Waals surface area contributed by atoms with E-state index in [0.717, 1.165) is 36.2 Å². The van der Waals surface area contributed by atoms with Gasteiger partial charge in [-0.25, -0.2) is 4.31 Å². The van der Waals surface area contributed by atoms with Crippen LogP contribution in [0.4, 0.5) is 13.2 Å². The third-order valence-electron chi connectivity index (χ3n) is 4.69. The van der Waals surface area contributed by atoms with Crippen LogP contribution in [-0.2, 0) is 13.0 Å². The summed E-state index contributed by atoms with van der Waals surface area (Å²) in [6, 6.07) is 12.2. The Morgan fingerprint density at radius 2 is 1.74 bits per heavy atom. The van der Waals surface area contributed by atoms with Gasteiger partial charge in [0.1, 0.15) is 5.75 Å². The minimum atomic E-state index is -4.69. The lowest BCUT2D eigenvalue weighted by molar-refractivity contribution is -0.274. The minimum Gasteiger partial charge on any atom is -0.406 e. The van der Waals surface area contributed by atoms with Crippen LogP contribution in [0.1, 0.15) is 19.4 Å². The van der Waals surface area contributed by atoms with Crippen molar-refractivity contribution in [3.05, 3.63) is 54.2 Å². The number of nitrogens with one attached hydrogen (secondary N) is 1. The van der Waals surface area contributed by atoms with Crippen molar-refractivity contribution < 1.29 is 17.9 Å². The van der Waals surface area contributed by atoms with Gasteiger partial charge in [0.15, 0.2) is 0 Å². The average molecular weight is 452 g/mol. The second kappa shape index (κ2) is 9.97. The maximum atomic E-state index is 12.4. The number of alkyl halides is 3. The number of benzene rings is 2. The Bertz CT molecular complexity index is 998. The minimum absolute atomic E-state index is 0.217. The molecule has 3 aromatic rings. The van der Waals surface area contributed by atoms with Crippen LogP contribution in [0.25, 0.3) is 22.0 Å². The largest absolute Gasteiger partial charge is 0.573 e. The van der Waals surface area contributed by atoms with Gasteiger partial charge in [0.05, 0.1) is 0 Å². The SMILES string of the molecule is CC(C)Cn1cc(CCNSN(C)C)c2ccc(-c3ccc(OC(F)(F)F)cc3)cc21. The Morgan fingerprint density at radius 1 is 1.06 bits per heavy atom. The number of hydrogen-bond donors (Lipinski definition) is 1. The average Bonchev–Trinajstić information content (AvgIpc) is 3.01. The first kappa shape index (κ1) is 23.5. The Labute approximate surface area is 185 Å². The van der Waals surface area contributed by atoms with Crippen molar-refractivity contribution in [2.24, 2.45) is 5.92 Å². The van der Waals surface area contributed by atoms with Crippen LogP contribution in [0.3, 0.4) is 0 Å². The fourth-order valence-electron chi connectivity index (χ4n) is 3.50. The molecule has 31 heavy (non-hydrogen) atoms. The summed E-state index contributed by atoms with van der Waals surface area (Å²) in [5, 5.41) is 1.21. The number of nitrogens with zero attached hydrogens (tertiary/aromatic N) is 2. The van der Waals surface area contributed by atoms with Crippen molar-refractivity contribution in [3.63, 3.8) is 0 Å². The van der Waals surface area contributed by atoms with E-state index in [0.29, 0.717) is 5.92 Å². The lowest BCUT2D eigenvalue weighted by atomic mass is 10.0. The number of halogens is 3. The zero-order valence-corrected chi connectivity index (χ0v) is 19.0. The van der Waals surface area contributed by atoms with Crippen LogP contribution in [0.15, 0.2) is 48.7 Å². The summed E-state index contributed by atoms with van der Waals surface area (Å²) in [4.78, 5) is 0. The first-order valence-electron chi connectivity index (χ1n) is 10.2. The van der Waals surface area contributed by atoms with Crippen molar-refractivity contribution in [2.75, 3.05) is 20.6 Å². The normalized spacial score (nSPS) is 12.3. The van der Waals surface area contributed by atoms with E-state index in [4.69, 9.17) is 0 Å². The molecular weight excluding hydrogens is 423 g/mol. The molecule has 0 aliphatic heterocycles. The summed E-state index contributed by atoms with van der Waals surface area (Å²) in [7, 11) is 3.99. The Hall–Kier alpha value is -2.16. The number of ether oxygens (including phenoxy) is 1. The standard InChI is InChI=1S/C23H28F3N3OS/c1-16(2)14-29-15-19(11-12-27-31-28(3)4)21-10-7-18(13-22(21)29)17-5-8-20(9-6-17)30-23(24,25)26/h5-10,13,15-16,27H,11-12,14H2,1-4H3. The third-order valence-corrected chi connectivity index (χ3v) is 5.39. The molecule has 0 aliphatic rings. The molecule has 1 aromatic heterocycles. The van der Waals surface area contributed by atoms with Gasteiger partial charge in [-0.05, 0) is 61.3 Å². The van der Waals surface area contributed by atoms with Crippen LogP contribution in [0.5, 0.6) is 5.75 Å². The van der Waals surface area contributed by atoms with Crippen LogP contribution in [-0.4, -0.2) is 35.9 Å². The van der Waals surface area contributed by atoms with Crippen LogP contribution in [0.2, 0.25) is 0 Å². The van der Waals surface area contributed by atoms with E-state index in [1.54, 1.807) is 24.3 Å². The molecule has 0 aliphatic carbocycles. The van der Waals surface area contributed by atoms with Crippen LogP contribution in [0, 0.1) is 5.92 Å². The third kappa shape index (κ3) is 6.66. The lowest BCUT2D eigenvalue weighted by Crippen LogP contribution is -2.16. The van der Waals surface area contributed by atoms with E-state index in [-0.39, 0.29) is 5.75 Å². The molecule has 168 valence electrons. The summed E-state index contributed by atoms with van der Waals surface area (Å²) >= 11 is 1.57. The van der Waals surface area contributed by atoms with Gasteiger partial charge in [0.25, 0.3) is 0 Å². The quantitative estimate of drug-likeness (QED) is 0.314. The van der Waals surface area contributed by atoms with Gasteiger partial charge in [-0.1, -0.05) is 38.1 Å². The molecule has 4 nitrogen and oxygen atoms in total. The molecule has 2 aromatic carbocycles. The summed E-state index contributed by atoms with van der Waals surface area (Å²) in [6.45, 7) is 6.12. The van der Waals surface area contributed by atoms with Gasteiger partial charge < -0.3 is 9.30 Å². The highest BCUT2D eigenvalue weighted by molar-refractivity contribution is 7.95. The fraction of sp³-hybridized carbons (Fsp3) is 0.391. The summed E-state index contributed by atoms with van der Waals surface area (Å²) in [5.74, 6) is 0.277. The van der Waals surface area contributed by atoms with Gasteiger partial charge in [-0.3, -0.25) is 4.72 Å². The number of fused-ring (bicyclic) bond motifs is 1. The van der Waals surface area contributed by atoms with Crippen molar-refractivity contribution in [2.45, 2.75) is 33.2 Å². The molecule has 0 saturated carbocycles. The predicted molar refractivity (Wildman–Crippen MR) is 122 cm³/mol. The maximum absolute atomic E-state index is 12.4. The monoisotopic (exact) mass is 451 g/mol. The van der Waals surface area contributed by atoms with Gasteiger partial charge in [-0.15, -0.1) is 13.2 Å². The molecule has 0 amide bonds. The molecule has 1 N–H and O–H groups in total. The second-order valence-electron chi connectivity index (χ2n) is 8.05. The van der Waals surface area contributed by atoms with Gasteiger partial charge in [-0.2, -0.15) is 0 Å². The molecule has 1 heterocycles. The molecule has 0 atom stereocenters. The van der Waals surface area contributed by atoms with Crippen molar-refractivity contribution in [1.29, 1.82) is 0 Å². The first-order chi connectivity index (χ1) is 14.6. The Morgan fingerprint density at radius 3 is 2.35 bits per heavy atom. The van der Waals surface area contributed by atoms with E-state index >= 15 is 0 Å². The van der Waals surface area contributed by atoms with E-state index in [1.807, 2.05) is 24.5 Å². The van der Waals surface area contributed by atoms with Crippen molar-refractivity contribution in [3.8, 4) is 16.9 Å². The number of rotatable bonds is 9. The zero-order chi connectivity index (χ0) is 22.6. The number of aromatic nitrogens is 1. The molecule has 0 bridgehead atoms. The highest BCUT2D eigenvalue weighted by Crippen LogP contribution is 2.31. The number of hydrogen-bond acceptors (Lipinski definition) is 4. The zero-order valence-electron chi connectivity index (χ0n) is 18.2. The Kier molecular flexibility index (Phi) is 7.56. The molecule has 0 spiro atoms. The highest BCUT2D eigenvalue weighted by Gasteiger charge is 2.31. The van der Waals surface area contributed by atoms with Crippen molar-refractivity contribution in [1.82, 2.24) is 13.6 Å². The Balaban J connectivity index is 1.87. The maximum Gasteiger partial charge on any atom is 0.573 e. The summed E-state index contributed by atoms with van der Waals surface area (Å²) < 4.78 is 48.8. The molecule has 0 radical (unpaired) electrons. The van der Waals surface area contributed by atoms with Crippen LogP contribution < -0.4 is 9.46 Å². The molecule has 3 rings (SSSR count). The predicted octanol–water partition coefficient (Wildman–Crippen LogP) is 6.12. The van der Waals surface area contributed by atoms with E-state index in [9.17, 15) is 13.2 Å². The van der Waals surface area contributed by atoms with Crippen LogP contribution >= 0.6 is 12.1 Å². The van der Waals surface area contributed by atoms with Gasteiger partial charge >= 0.3 is 6.36 Å². The topological polar surface area (TPSA) is 29.4 Å². The molecule has 8 heteroatoms. The highest BCUT2D eigenvalue weighted by atomic mass is 32.2. The smallest absolute Gasteiger partial charge is 0.406 e.